The highest BCUT2D eigenvalue weighted by atomic mass is 16.5. The molecule has 0 N–H and O–H groups in total. The van der Waals surface area contributed by atoms with E-state index in [0.717, 1.165) is 30.9 Å². The lowest BCUT2D eigenvalue weighted by Gasteiger charge is -2.48. The van der Waals surface area contributed by atoms with Gasteiger partial charge in [0.2, 0.25) is 0 Å². The van der Waals surface area contributed by atoms with Crippen molar-refractivity contribution in [3.8, 4) is 0 Å². The molecule has 0 aliphatic carbocycles. The van der Waals surface area contributed by atoms with Crippen molar-refractivity contribution in [2.45, 2.75) is 73.1 Å². The second-order valence-electron chi connectivity index (χ2n) is 11.3. The Hall–Kier alpha value is -2.22. The first-order valence-corrected chi connectivity index (χ1v) is 12.0. The largest absolute Gasteiger partial charge is 0.461 e. The van der Waals surface area contributed by atoms with Gasteiger partial charge in [-0.05, 0) is 82.7 Å². The molecular weight excluding hydrogens is 378 g/mol. The summed E-state index contributed by atoms with van der Waals surface area (Å²) in [6.07, 6.45) is 14.4. The molecule has 0 saturated heterocycles. The second-order valence-corrected chi connectivity index (χ2v) is 11.3. The highest BCUT2D eigenvalue weighted by Crippen LogP contribution is 2.47. The van der Waals surface area contributed by atoms with Crippen molar-refractivity contribution < 1.29 is 4.74 Å². The van der Waals surface area contributed by atoms with Gasteiger partial charge in [0.05, 0.1) is 0 Å². The van der Waals surface area contributed by atoms with Crippen molar-refractivity contribution in [1.29, 1.82) is 0 Å². The summed E-state index contributed by atoms with van der Waals surface area (Å²) < 4.78 is 6.20. The molecule has 0 bridgehead atoms. The summed E-state index contributed by atoms with van der Waals surface area (Å²) >= 11 is 0. The van der Waals surface area contributed by atoms with E-state index >= 15 is 0 Å². The molecule has 0 atom stereocenters. The van der Waals surface area contributed by atoms with E-state index in [1.807, 2.05) is 0 Å². The van der Waals surface area contributed by atoms with Gasteiger partial charge in [-0.2, -0.15) is 0 Å². The summed E-state index contributed by atoms with van der Waals surface area (Å²) in [4.78, 5) is 2.64. The van der Waals surface area contributed by atoms with E-state index in [4.69, 9.17) is 4.74 Å². The molecule has 0 fully saturated rings. The highest BCUT2D eigenvalue weighted by molar-refractivity contribution is 5.70. The minimum atomic E-state index is 0.219. The molecule has 1 aromatic rings. The lowest BCUT2D eigenvalue weighted by atomic mass is 9.71. The first kappa shape index (κ1) is 22.0. The van der Waals surface area contributed by atoms with Gasteiger partial charge in [0.15, 0.2) is 0 Å². The number of anilines is 1. The minimum absolute atomic E-state index is 0.219. The van der Waals surface area contributed by atoms with Crippen LogP contribution < -0.4 is 4.90 Å². The second kappa shape index (κ2) is 8.04. The Labute approximate surface area is 189 Å². The Morgan fingerprint density at radius 1 is 1.10 bits per heavy atom. The van der Waals surface area contributed by atoms with E-state index < -0.39 is 0 Å². The van der Waals surface area contributed by atoms with Crippen LogP contribution in [0, 0.1) is 11.3 Å². The van der Waals surface area contributed by atoms with Gasteiger partial charge >= 0.3 is 0 Å². The number of ether oxygens (including phenoxy) is 1. The van der Waals surface area contributed by atoms with Crippen molar-refractivity contribution >= 4 is 11.8 Å². The lowest BCUT2D eigenvalue weighted by molar-refractivity contribution is 0.275. The molecule has 31 heavy (non-hydrogen) atoms. The third-order valence-corrected chi connectivity index (χ3v) is 6.85. The third-order valence-electron chi connectivity index (χ3n) is 6.85. The number of nitrogens with zero attached hydrogens (tertiary/aromatic N) is 1. The van der Waals surface area contributed by atoms with Crippen LogP contribution in [-0.2, 0) is 16.6 Å². The summed E-state index contributed by atoms with van der Waals surface area (Å²) in [7, 11) is 0. The zero-order chi connectivity index (χ0) is 22.4. The van der Waals surface area contributed by atoms with Crippen LogP contribution in [0.2, 0.25) is 0 Å². The molecule has 1 aromatic carbocycles. The fourth-order valence-corrected chi connectivity index (χ4v) is 5.21. The van der Waals surface area contributed by atoms with Crippen molar-refractivity contribution in [2.75, 3.05) is 18.0 Å². The molecule has 0 amide bonds. The van der Waals surface area contributed by atoms with Crippen molar-refractivity contribution in [3.05, 3.63) is 70.2 Å². The zero-order valence-electron chi connectivity index (χ0n) is 20.5. The average Bonchev–Trinajstić information content (AvgIpc) is 2.68. The zero-order valence-corrected chi connectivity index (χ0v) is 20.5. The van der Waals surface area contributed by atoms with Gasteiger partial charge in [0.25, 0.3) is 0 Å². The van der Waals surface area contributed by atoms with E-state index in [2.05, 4.69) is 95.9 Å². The molecule has 3 aliphatic heterocycles. The molecule has 0 radical (unpaired) electrons. The first-order valence-electron chi connectivity index (χ1n) is 12.0. The third kappa shape index (κ3) is 4.54. The van der Waals surface area contributed by atoms with E-state index in [1.54, 1.807) is 0 Å². The average molecular weight is 418 g/mol. The quantitative estimate of drug-likeness (QED) is 0.501. The van der Waals surface area contributed by atoms with Crippen molar-refractivity contribution in [1.82, 2.24) is 0 Å². The van der Waals surface area contributed by atoms with Gasteiger partial charge in [0, 0.05) is 24.7 Å². The standard InChI is InChI=1S/C29H39NO/c1-8-9-21-15-24(31-26(17-21)20(2)3)11-10-22-14-23-18-28(4,5)19-30-13-12-29(6,7)25(16-22)27(23)30/h9-11,14-17,20H,8,12-13,18-19H2,1-7H3. The van der Waals surface area contributed by atoms with Gasteiger partial charge in [-0.3, -0.25) is 0 Å². The Morgan fingerprint density at radius 3 is 2.58 bits per heavy atom. The molecule has 0 unspecified atom stereocenters. The van der Waals surface area contributed by atoms with Crippen LogP contribution in [0.5, 0.6) is 0 Å². The Balaban J connectivity index is 1.70. The molecule has 166 valence electrons. The molecule has 3 aliphatic rings. The normalized spacial score (nSPS) is 23.0. The van der Waals surface area contributed by atoms with Crippen LogP contribution in [0.3, 0.4) is 0 Å². The summed E-state index contributed by atoms with van der Waals surface area (Å²) in [6, 6.07) is 4.83. The number of hydrogen-bond acceptors (Lipinski definition) is 2. The molecule has 4 rings (SSSR count). The Kier molecular flexibility index (Phi) is 5.70. The van der Waals surface area contributed by atoms with Crippen molar-refractivity contribution in [3.63, 3.8) is 0 Å². The van der Waals surface area contributed by atoms with Crippen LogP contribution in [0.1, 0.15) is 78.0 Å². The van der Waals surface area contributed by atoms with Gasteiger partial charge < -0.3 is 9.64 Å². The summed E-state index contributed by atoms with van der Waals surface area (Å²) in [5, 5.41) is 0. The van der Waals surface area contributed by atoms with E-state index in [1.165, 1.54) is 40.9 Å². The van der Waals surface area contributed by atoms with Crippen LogP contribution >= 0.6 is 0 Å². The minimum Gasteiger partial charge on any atom is -0.461 e. The fraction of sp³-hybridized carbons (Fsp3) is 0.517. The van der Waals surface area contributed by atoms with E-state index in [0.29, 0.717) is 11.3 Å². The SMILES string of the molecule is CCC=C1C=C(C=Cc2cc3c4c(c2)C(C)(C)CCN4CC(C)(C)C3)OC(C(C)C)=C1. The lowest BCUT2D eigenvalue weighted by Crippen LogP contribution is -2.46. The predicted molar refractivity (Wildman–Crippen MR) is 133 cm³/mol. The molecule has 2 heteroatoms. The summed E-state index contributed by atoms with van der Waals surface area (Å²) in [5.74, 6) is 2.35. The van der Waals surface area contributed by atoms with E-state index in [9.17, 15) is 0 Å². The molecule has 2 nitrogen and oxygen atoms in total. The van der Waals surface area contributed by atoms with Crippen LogP contribution in [-0.4, -0.2) is 13.1 Å². The Morgan fingerprint density at radius 2 is 1.87 bits per heavy atom. The molecule has 0 saturated carbocycles. The smallest absolute Gasteiger partial charge is 0.127 e. The monoisotopic (exact) mass is 417 g/mol. The van der Waals surface area contributed by atoms with Gasteiger partial charge in [0.1, 0.15) is 11.5 Å². The predicted octanol–water partition coefficient (Wildman–Crippen LogP) is 7.56. The summed E-state index contributed by atoms with van der Waals surface area (Å²) in [5.41, 5.74) is 7.60. The van der Waals surface area contributed by atoms with Crippen LogP contribution in [0.4, 0.5) is 5.69 Å². The topological polar surface area (TPSA) is 12.5 Å². The Bertz CT molecular complexity index is 984. The van der Waals surface area contributed by atoms with Gasteiger partial charge in [-0.25, -0.2) is 0 Å². The molecule has 0 spiro atoms. The highest BCUT2D eigenvalue weighted by Gasteiger charge is 2.39. The summed E-state index contributed by atoms with van der Waals surface area (Å²) in [6.45, 7) is 18.5. The molecule has 0 aromatic heterocycles. The van der Waals surface area contributed by atoms with Crippen LogP contribution in [0.25, 0.3) is 6.08 Å². The molecule has 3 heterocycles. The number of benzene rings is 1. The fourth-order valence-electron chi connectivity index (χ4n) is 5.21. The first-order chi connectivity index (χ1) is 14.6. The number of hydrogen-bond donors (Lipinski definition) is 0. The maximum Gasteiger partial charge on any atom is 0.127 e. The maximum atomic E-state index is 6.20. The van der Waals surface area contributed by atoms with Crippen LogP contribution in [0.15, 0.2) is 53.5 Å². The van der Waals surface area contributed by atoms with Gasteiger partial charge in [-0.1, -0.05) is 60.6 Å². The van der Waals surface area contributed by atoms with Crippen molar-refractivity contribution in [2.24, 2.45) is 11.3 Å². The van der Waals surface area contributed by atoms with E-state index in [-0.39, 0.29) is 5.41 Å². The molecular formula is C29H39NO. The van der Waals surface area contributed by atoms with Gasteiger partial charge in [-0.15, -0.1) is 0 Å². The number of rotatable bonds is 4. The number of allylic oxidation sites excluding steroid dienone is 6. The maximum absolute atomic E-state index is 6.20.